The quantitative estimate of drug-likeness (QED) is 0.798. The number of nitrogens with one attached hydrogen (secondary N) is 1. The Morgan fingerprint density at radius 3 is 2.19 bits per heavy atom. The number of nitrogens with zero attached hydrogens (tertiary/aromatic N) is 1. The first-order valence-electron chi connectivity index (χ1n) is 9.17. The zero-order valence-electron chi connectivity index (χ0n) is 16.1. The Morgan fingerprint density at radius 2 is 1.63 bits per heavy atom. The van der Waals surface area contributed by atoms with Gasteiger partial charge in [-0.05, 0) is 30.7 Å². The summed E-state index contributed by atoms with van der Waals surface area (Å²) in [6.45, 7) is 2.30. The molecule has 0 spiro atoms. The average Bonchev–Trinajstić information content (AvgIpc) is 3.09. The highest BCUT2D eigenvalue weighted by Gasteiger charge is 2.47. The van der Waals surface area contributed by atoms with E-state index in [0.717, 1.165) is 5.56 Å². The standard InChI is InChI=1S/C22H26N2O3/c1-16(20(25)27-3)23-21(26)22(13-18-11-7-8-12-19(18)14-22)24(2)15-17-9-5-4-6-10-17/h4-12,16H,13-15H2,1-3H3,(H,23,26)/t16-/m1/s1. The molecule has 0 aliphatic heterocycles. The van der Waals surface area contributed by atoms with Gasteiger partial charge in [0.1, 0.15) is 11.6 Å². The summed E-state index contributed by atoms with van der Waals surface area (Å²) in [6.07, 6.45) is 1.23. The van der Waals surface area contributed by atoms with Crippen molar-refractivity contribution in [2.45, 2.75) is 37.9 Å². The number of ether oxygens (including phenoxy) is 1. The van der Waals surface area contributed by atoms with Gasteiger partial charge in [0.05, 0.1) is 7.11 Å². The van der Waals surface area contributed by atoms with Crippen LogP contribution in [-0.2, 0) is 33.7 Å². The Bertz CT molecular complexity index is 794. The maximum absolute atomic E-state index is 13.3. The van der Waals surface area contributed by atoms with E-state index in [-0.39, 0.29) is 5.91 Å². The minimum Gasteiger partial charge on any atom is -0.467 e. The minimum atomic E-state index is -0.734. The summed E-state index contributed by atoms with van der Waals surface area (Å²) in [7, 11) is 3.30. The normalized spacial score (nSPS) is 15.9. The third-order valence-corrected chi connectivity index (χ3v) is 5.40. The number of methoxy groups -OCH3 is 1. The van der Waals surface area contributed by atoms with Gasteiger partial charge in [0.15, 0.2) is 0 Å². The summed E-state index contributed by atoms with van der Waals surface area (Å²) >= 11 is 0. The summed E-state index contributed by atoms with van der Waals surface area (Å²) < 4.78 is 4.76. The molecule has 3 rings (SSSR count). The molecule has 0 bridgehead atoms. The van der Waals surface area contributed by atoms with E-state index in [0.29, 0.717) is 19.4 Å². The fraction of sp³-hybridized carbons (Fsp3) is 0.364. The number of carbonyl (C=O) groups excluding carboxylic acids is 2. The van der Waals surface area contributed by atoms with Crippen LogP contribution in [0.1, 0.15) is 23.6 Å². The molecule has 5 nitrogen and oxygen atoms in total. The fourth-order valence-electron chi connectivity index (χ4n) is 3.77. The molecule has 1 aliphatic carbocycles. The highest BCUT2D eigenvalue weighted by molar-refractivity contribution is 5.91. The Kier molecular flexibility index (Phi) is 5.61. The summed E-state index contributed by atoms with van der Waals surface area (Å²) in [4.78, 5) is 27.2. The third-order valence-electron chi connectivity index (χ3n) is 5.40. The SMILES string of the molecule is COC(=O)[C@@H](C)NC(=O)C1(N(C)Cc2ccccc2)Cc2ccccc2C1. The zero-order valence-corrected chi connectivity index (χ0v) is 16.1. The van der Waals surface area contributed by atoms with Crippen LogP contribution in [0.2, 0.25) is 0 Å². The van der Waals surface area contributed by atoms with Crippen molar-refractivity contribution >= 4 is 11.9 Å². The van der Waals surface area contributed by atoms with E-state index in [1.165, 1.54) is 18.2 Å². The number of hydrogen-bond donors (Lipinski definition) is 1. The predicted octanol–water partition coefficient (Wildman–Crippen LogP) is 2.33. The van der Waals surface area contributed by atoms with Crippen molar-refractivity contribution in [1.82, 2.24) is 10.2 Å². The van der Waals surface area contributed by atoms with E-state index in [4.69, 9.17) is 4.74 Å². The van der Waals surface area contributed by atoms with Gasteiger partial charge in [0.2, 0.25) is 5.91 Å². The largest absolute Gasteiger partial charge is 0.467 e. The molecule has 1 atom stereocenters. The predicted molar refractivity (Wildman–Crippen MR) is 104 cm³/mol. The second-order valence-corrected chi connectivity index (χ2v) is 7.21. The number of rotatable bonds is 6. The Balaban J connectivity index is 1.88. The second-order valence-electron chi connectivity index (χ2n) is 7.21. The van der Waals surface area contributed by atoms with Crippen molar-refractivity contribution in [2.75, 3.05) is 14.2 Å². The van der Waals surface area contributed by atoms with Crippen LogP contribution in [0.25, 0.3) is 0 Å². The van der Waals surface area contributed by atoms with Crippen LogP contribution in [-0.4, -0.2) is 42.5 Å². The minimum absolute atomic E-state index is 0.143. The van der Waals surface area contributed by atoms with Crippen molar-refractivity contribution in [2.24, 2.45) is 0 Å². The van der Waals surface area contributed by atoms with Crippen LogP contribution in [0.15, 0.2) is 54.6 Å². The fourth-order valence-corrected chi connectivity index (χ4v) is 3.77. The number of likely N-dealkylation sites (N-methyl/N-ethyl adjacent to an activating group) is 1. The lowest BCUT2D eigenvalue weighted by atomic mass is 9.91. The van der Waals surface area contributed by atoms with Crippen LogP contribution < -0.4 is 5.32 Å². The highest BCUT2D eigenvalue weighted by atomic mass is 16.5. The van der Waals surface area contributed by atoms with Gasteiger partial charge >= 0.3 is 5.97 Å². The summed E-state index contributed by atoms with van der Waals surface area (Å²) in [6, 6.07) is 17.6. The monoisotopic (exact) mass is 366 g/mol. The Morgan fingerprint density at radius 1 is 1.07 bits per heavy atom. The summed E-state index contributed by atoms with van der Waals surface area (Å²) in [5.41, 5.74) is 2.77. The zero-order chi connectivity index (χ0) is 19.4. The van der Waals surface area contributed by atoms with E-state index < -0.39 is 17.6 Å². The Hall–Kier alpha value is -2.66. The van der Waals surface area contributed by atoms with Gasteiger partial charge in [-0.2, -0.15) is 0 Å². The molecule has 0 heterocycles. The number of amides is 1. The molecule has 1 amide bonds. The average molecular weight is 366 g/mol. The number of hydrogen-bond acceptors (Lipinski definition) is 4. The topological polar surface area (TPSA) is 58.6 Å². The van der Waals surface area contributed by atoms with Crippen LogP contribution in [0.4, 0.5) is 0 Å². The molecule has 1 aliphatic rings. The molecule has 27 heavy (non-hydrogen) atoms. The van der Waals surface area contributed by atoms with Crippen molar-refractivity contribution in [1.29, 1.82) is 0 Å². The molecule has 0 fully saturated rings. The first kappa shape index (κ1) is 19.1. The van der Waals surface area contributed by atoms with Crippen LogP contribution >= 0.6 is 0 Å². The number of benzene rings is 2. The van der Waals surface area contributed by atoms with Gasteiger partial charge in [-0.15, -0.1) is 0 Å². The number of esters is 1. The van der Waals surface area contributed by atoms with Gasteiger partial charge in [-0.3, -0.25) is 9.69 Å². The van der Waals surface area contributed by atoms with Crippen LogP contribution in [0, 0.1) is 0 Å². The summed E-state index contributed by atoms with van der Waals surface area (Å²) in [5, 5.41) is 2.86. The lowest BCUT2D eigenvalue weighted by Crippen LogP contribution is -2.60. The van der Waals surface area contributed by atoms with Gasteiger partial charge in [0, 0.05) is 19.4 Å². The summed E-state index contributed by atoms with van der Waals surface area (Å²) in [5.74, 6) is -0.588. The van der Waals surface area contributed by atoms with Crippen molar-refractivity contribution in [3.63, 3.8) is 0 Å². The van der Waals surface area contributed by atoms with E-state index in [1.807, 2.05) is 37.4 Å². The maximum Gasteiger partial charge on any atom is 0.328 e. The molecule has 1 N–H and O–H groups in total. The molecular weight excluding hydrogens is 340 g/mol. The smallest absolute Gasteiger partial charge is 0.328 e. The van der Waals surface area contributed by atoms with Crippen molar-refractivity contribution in [3.8, 4) is 0 Å². The van der Waals surface area contributed by atoms with Crippen LogP contribution in [0.3, 0.4) is 0 Å². The highest BCUT2D eigenvalue weighted by Crippen LogP contribution is 2.35. The molecule has 5 heteroatoms. The lowest BCUT2D eigenvalue weighted by Gasteiger charge is -2.38. The van der Waals surface area contributed by atoms with Gasteiger partial charge in [0.25, 0.3) is 0 Å². The van der Waals surface area contributed by atoms with Crippen molar-refractivity contribution in [3.05, 3.63) is 71.3 Å². The van der Waals surface area contributed by atoms with Gasteiger partial charge < -0.3 is 10.1 Å². The first-order valence-corrected chi connectivity index (χ1v) is 9.17. The molecule has 0 aromatic heterocycles. The van der Waals surface area contributed by atoms with Gasteiger partial charge in [-0.1, -0.05) is 54.6 Å². The maximum atomic E-state index is 13.3. The lowest BCUT2D eigenvalue weighted by molar-refractivity contribution is -0.146. The van der Waals surface area contributed by atoms with E-state index in [1.54, 1.807) is 6.92 Å². The van der Waals surface area contributed by atoms with Crippen molar-refractivity contribution < 1.29 is 14.3 Å². The number of fused-ring (bicyclic) bond motifs is 1. The van der Waals surface area contributed by atoms with Crippen LogP contribution in [0.5, 0.6) is 0 Å². The van der Waals surface area contributed by atoms with E-state index in [9.17, 15) is 9.59 Å². The Labute approximate surface area is 160 Å². The van der Waals surface area contributed by atoms with E-state index in [2.05, 4.69) is 34.5 Å². The number of carbonyl (C=O) groups is 2. The molecule has 0 saturated heterocycles. The molecule has 2 aromatic carbocycles. The molecule has 2 aromatic rings. The third kappa shape index (κ3) is 3.88. The van der Waals surface area contributed by atoms with E-state index >= 15 is 0 Å². The molecule has 142 valence electrons. The van der Waals surface area contributed by atoms with Gasteiger partial charge in [-0.25, -0.2) is 4.79 Å². The molecule has 0 radical (unpaired) electrons. The first-order chi connectivity index (χ1) is 13.0. The molecule has 0 saturated carbocycles. The second kappa shape index (κ2) is 7.92. The molecule has 0 unspecified atom stereocenters. The molecular formula is C22H26N2O3.